The summed E-state index contributed by atoms with van der Waals surface area (Å²) in [5.41, 5.74) is 4.08. The fourth-order valence-electron chi connectivity index (χ4n) is 2.79. The smallest absolute Gasteiger partial charge is 0.0874 e. The van der Waals surface area contributed by atoms with Crippen molar-refractivity contribution in [1.29, 1.82) is 0 Å². The number of hydrogen-bond acceptors (Lipinski definition) is 1. The van der Waals surface area contributed by atoms with Gasteiger partial charge < -0.3 is 9.72 Å². The molecule has 1 aromatic rings. The van der Waals surface area contributed by atoms with E-state index in [1.807, 2.05) is 0 Å². The second kappa shape index (κ2) is 3.95. The average Bonchev–Trinajstić information content (AvgIpc) is 2.83. The normalized spacial score (nSPS) is 21.9. The Morgan fingerprint density at radius 1 is 1.13 bits per heavy atom. The fourth-order valence-corrected chi connectivity index (χ4v) is 3.57. The molecule has 0 bridgehead atoms. The molecular weight excluding hydrogens is 254 g/mol. The summed E-state index contributed by atoms with van der Waals surface area (Å²) in [5, 5.41) is 0. The van der Waals surface area contributed by atoms with Crippen LogP contribution in [-0.2, 0) is 18.0 Å². The van der Waals surface area contributed by atoms with Crippen molar-refractivity contribution in [2.45, 2.75) is 51.2 Å². The lowest BCUT2D eigenvalue weighted by Gasteiger charge is -2.21. The molecule has 0 saturated heterocycles. The number of aromatic amines is 1. The van der Waals surface area contributed by atoms with Gasteiger partial charge in [-0.15, -0.1) is 0 Å². The van der Waals surface area contributed by atoms with Crippen molar-refractivity contribution in [3.63, 3.8) is 0 Å². The average molecular weight is 270 g/mol. The minimum atomic E-state index is 0.749. The first-order valence-corrected chi connectivity index (χ1v) is 6.62. The molecule has 1 aromatic heterocycles. The van der Waals surface area contributed by atoms with Crippen LogP contribution in [0.2, 0.25) is 0 Å². The van der Waals surface area contributed by atoms with Gasteiger partial charge in [0.15, 0.2) is 0 Å². The number of halogens is 1. The molecule has 0 unspecified atom stereocenters. The van der Waals surface area contributed by atoms with Gasteiger partial charge in [0.05, 0.1) is 13.2 Å². The van der Waals surface area contributed by atoms with Crippen molar-refractivity contribution >= 4 is 15.9 Å². The molecule has 0 radical (unpaired) electrons. The number of hydrogen-bond donors (Lipinski definition) is 1. The summed E-state index contributed by atoms with van der Waals surface area (Å²) >= 11 is 3.73. The summed E-state index contributed by atoms with van der Waals surface area (Å²) in [7, 11) is 0. The summed E-state index contributed by atoms with van der Waals surface area (Å²) in [4.78, 5) is 3.56. The maximum Gasteiger partial charge on any atom is 0.0874 e. The lowest BCUT2D eigenvalue weighted by atomic mass is 9.87. The Bertz CT molecular complexity index is 366. The molecule has 0 spiro atoms. The van der Waals surface area contributed by atoms with Crippen LogP contribution < -0.4 is 0 Å². The van der Waals surface area contributed by atoms with Crippen LogP contribution in [0.5, 0.6) is 0 Å². The highest BCUT2D eigenvalue weighted by Crippen LogP contribution is 2.40. The van der Waals surface area contributed by atoms with E-state index in [1.165, 1.54) is 53.5 Å². The van der Waals surface area contributed by atoms with Crippen molar-refractivity contribution in [2.75, 3.05) is 0 Å². The second-order valence-electron chi connectivity index (χ2n) is 4.64. The largest absolute Gasteiger partial charge is 0.370 e. The summed E-state index contributed by atoms with van der Waals surface area (Å²) in [6, 6.07) is 0. The van der Waals surface area contributed by atoms with E-state index in [4.69, 9.17) is 4.74 Å². The van der Waals surface area contributed by atoms with Crippen molar-refractivity contribution in [2.24, 2.45) is 0 Å². The maximum atomic E-state index is 5.42. The van der Waals surface area contributed by atoms with Gasteiger partial charge in [0.1, 0.15) is 0 Å². The zero-order chi connectivity index (χ0) is 10.3. The van der Waals surface area contributed by atoms with E-state index in [1.54, 1.807) is 0 Å². The van der Waals surface area contributed by atoms with E-state index in [2.05, 4.69) is 20.9 Å². The number of H-pyrrole nitrogens is 1. The lowest BCUT2D eigenvalue weighted by Crippen LogP contribution is -2.06. The number of aromatic nitrogens is 1. The number of fused-ring (bicyclic) bond motifs is 1. The van der Waals surface area contributed by atoms with E-state index in [-0.39, 0.29) is 0 Å². The SMILES string of the molecule is Brc1c(C2CCCCC2)[nH]c2c1COC2. The predicted molar refractivity (Wildman–Crippen MR) is 62.8 cm³/mol. The molecule has 2 nitrogen and oxygen atoms in total. The van der Waals surface area contributed by atoms with Crippen molar-refractivity contribution in [1.82, 2.24) is 4.98 Å². The molecule has 1 saturated carbocycles. The first-order valence-electron chi connectivity index (χ1n) is 5.83. The molecule has 0 aromatic carbocycles. The summed E-state index contributed by atoms with van der Waals surface area (Å²) < 4.78 is 6.71. The first kappa shape index (κ1) is 9.91. The zero-order valence-electron chi connectivity index (χ0n) is 8.81. The summed E-state index contributed by atoms with van der Waals surface area (Å²) in [5.74, 6) is 0.749. The highest BCUT2D eigenvalue weighted by molar-refractivity contribution is 9.10. The van der Waals surface area contributed by atoms with Gasteiger partial charge in [-0.05, 0) is 28.8 Å². The van der Waals surface area contributed by atoms with Crippen LogP contribution in [0.1, 0.15) is 55.0 Å². The number of rotatable bonds is 1. The number of ether oxygens (including phenoxy) is 1. The number of nitrogens with one attached hydrogen (secondary N) is 1. The minimum absolute atomic E-state index is 0.749. The van der Waals surface area contributed by atoms with Crippen LogP contribution in [0.4, 0.5) is 0 Å². The van der Waals surface area contributed by atoms with Crippen molar-refractivity contribution in [3.05, 3.63) is 21.4 Å². The highest BCUT2D eigenvalue weighted by atomic mass is 79.9. The molecule has 1 aliphatic heterocycles. The summed E-state index contributed by atoms with van der Waals surface area (Å²) in [6.07, 6.45) is 6.88. The molecule has 1 fully saturated rings. The topological polar surface area (TPSA) is 25.0 Å². The van der Waals surface area contributed by atoms with Gasteiger partial charge in [-0.25, -0.2) is 0 Å². The van der Waals surface area contributed by atoms with Crippen LogP contribution in [0.25, 0.3) is 0 Å². The third kappa shape index (κ3) is 1.66. The summed E-state index contributed by atoms with van der Waals surface area (Å²) in [6.45, 7) is 1.54. The molecule has 2 heterocycles. The molecule has 0 amide bonds. The van der Waals surface area contributed by atoms with Gasteiger partial charge in [-0.2, -0.15) is 0 Å². The standard InChI is InChI=1S/C12H16BrNO/c13-11-9-6-15-7-10(9)14-12(11)8-4-2-1-3-5-8/h8,14H,1-7H2. The Morgan fingerprint density at radius 3 is 2.67 bits per heavy atom. The molecular formula is C12H16BrNO. The van der Waals surface area contributed by atoms with E-state index in [0.29, 0.717) is 0 Å². The van der Waals surface area contributed by atoms with Crippen LogP contribution in [0.3, 0.4) is 0 Å². The van der Waals surface area contributed by atoms with Crippen LogP contribution >= 0.6 is 15.9 Å². The molecule has 3 heteroatoms. The van der Waals surface area contributed by atoms with Gasteiger partial charge in [0.2, 0.25) is 0 Å². The zero-order valence-corrected chi connectivity index (χ0v) is 10.4. The minimum Gasteiger partial charge on any atom is -0.370 e. The molecule has 0 atom stereocenters. The van der Waals surface area contributed by atoms with Gasteiger partial charge in [0.25, 0.3) is 0 Å². The Morgan fingerprint density at radius 2 is 1.93 bits per heavy atom. The monoisotopic (exact) mass is 269 g/mol. The highest BCUT2D eigenvalue weighted by Gasteiger charge is 2.25. The molecule has 15 heavy (non-hydrogen) atoms. The third-order valence-corrected chi connectivity index (χ3v) is 4.56. The van der Waals surface area contributed by atoms with E-state index in [0.717, 1.165) is 19.1 Å². The lowest BCUT2D eigenvalue weighted by molar-refractivity contribution is 0.132. The Balaban J connectivity index is 1.91. The maximum absolute atomic E-state index is 5.42. The van der Waals surface area contributed by atoms with Crippen LogP contribution in [0, 0.1) is 0 Å². The molecule has 3 rings (SSSR count). The Kier molecular flexibility index (Phi) is 2.61. The molecule has 82 valence electrons. The van der Waals surface area contributed by atoms with E-state index >= 15 is 0 Å². The third-order valence-electron chi connectivity index (χ3n) is 3.66. The Labute approximate surface area is 98.5 Å². The van der Waals surface area contributed by atoms with E-state index < -0.39 is 0 Å². The van der Waals surface area contributed by atoms with E-state index in [9.17, 15) is 0 Å². The van der Waals surface area contributed by atoms with Gasteiger partial charge in [-0.1, -0.05) is 19.3 Å². The quantitative estimate of drug-likeness (QED) is 0.823. The van der Waals surface area contributed by atoms with Crippen molar-refractivity contribution < 1.29 is 4.74 Å². The fraction of sp³-hybridized carbons (Fsp3) is 0.667. The second-order valence-corrected chi connectivity index (χ2v) is 5.43. The van der Waals surface area contributed by atoms with Gasteiger partial charge in [-0.3, -0.25) is 0 Å². The Hall–Kier alpha value is -0.280. The van der Waals surface area contributed by atoms with Crippen LogP contribution in [0.15, 0.2) is 4.47 Å². The van der Waals surface area contributed by atoms with Gasteiger partial charge in [0, 0.05) is 27.3 Å². The van der Waals surface area contributed by atoms with Crippen LogP contribution in [-0.4, -0.2) is 4.98 Å². The van der Waals surface area contributed by atoms with Gasteiger partial charge >= 0.3 is 0 Å². The molecule has 1 aliphatic carbocycles. The molecule has 1 N–H and O–H groups in total. The molecule has 2 aliphatic rings. The first-order chi connectivity index (χ1) is 7.36. The predicted octanol–water partition coefficient (Wildman–Crippen LogP) is 3.86. The van der Waals surface area contributed by atoms with Crippen molar-refractivity contribution in [3.8, 4) is 0 Å².